The molecule has 0 radical (unpaired) electrons. The summed E-state index contributed by atoms with van der Waals surface area (Å²) in [5, 5.41) is 8.84. The van der Waals surface area contributed by atoms with Crippen molar-refractivity contribution in [1.82, 2.24) is 4.90 Å². The van der Waals surface area contributed by atoms with E-state index in [1.807, 2.05) is 37.4 Å². The first-order valence-electron chi connectivity index (χ1n) is 6.21. The maximum absolute atomic E-state index is 12.3. The minimum absolute atomic E-state index is 0.0499. The van der Waals surface area contributed by atoms with E-state index in [0.29, 0.717) is 19.5 Å². The molecule has 1 amide bonds. The van der Waals surface area contributed by atoms with E-state index in [4.69, 9.17) is 5.11 Å². The second-order valence-corrected chi connectivity index (χ2v) is 4.96. The normalized spacial score (nSPS) is 10.4. The number of rotatable bonds is 7. The molecule has 0 aliphatic heterocycles. The van der Waals surface area contributed by atoms with Crippen LogP contribution in [-0.2, 0) is 5.75 Å². The summed E-state index contributed by atoms with van der Waals surface area (Å²) in [4.78, 5) is 14.0. The molecule has 0 saturated carbocycles. The Kier molecular flexibility index (Phi) is 6.83. The molecule has 0 heterocycles. The average Bonchev–Trinajstić information content (AvgIpc) is 2.40. The van der Waals surface area contributed by atoms with Gasteiger partial charge in [-0.2, -0.15) is 11.8 Å². The van der Waals surface area contributed by atoms with Gasteiger partial charge in [0.1, 0.15) is 0 Å². The fourth-order valence-corrected chi connectivity index (χ4v) is 2.32. The summed E-state index contributed by atoms with van der Waals surface area (Å²) >= 11 is 1.75. The van der Waals surface area contributed by atoms with Gasteiger partial charge in [-0.1, -0.05) is 12.1 Å². The predicted octanol–water partition coefficient (Wildman–Crippen LogP) is 2.39. The lowest BCUT2D eigenvalue weighted by Gasteiger charge is -2.20. The zero-order chi connectivity index (χ0) is 13.4. The van der Waals surface area contributed by atoms with E-state index >= 15 is 0 Å². The van der Waals surface area contributed by atoms with Crippen LogP contribution in [0.5, 0.6) is 0 Å². The molecule has 0 atom stereocenters. The molecular formula is C14H21NO2S. The minimum atomic E-state index is 0.0499. The molecule has 1 N–H and O–H groups in total. The largest absolute Gasteiger partial charge is 0.396 e. The predicted molar refractivity (Wildman–Crippen MR) is 76.9 cm³/mol. The van der Waals surface area contributed by atoms with Gasteiger partial charge < -0.3 is 10.0 Å². The van der Waals surface area contributed by atoms with Crippen LogP contribution in [0.15, 0.2) is 24.3 Å². The van der Waals surface area contributed by atoms with Crippen molar-refractivity contribution >= 4 is 17.7 Å². The van der Waals surface area contributed by atoms with Gasteiger partial charge in [-0.05, 0) is 37.3 Å². The third kappa shape index (κ3) is 4.35. The molecule has 100 valence electrons. The number of aliphatic hydroxyl groups excluding tert-OH is 1. The molecule has 0 unspecified atom stereocenters. The van der Waals surface area contributed by atoms with Crippen molar-refractivity contribution in [3.05, 3.63) is 35.4 Å². The van der Waals surface area contributed by atoms with Crippen LogP contribution in [0.3, 0.4) is 0 Å². The first-order valence-corrected chi connectivity index (χ1v) is 7.60. The topological polar surface area (TPSA) is 40.5 Å². The second-order valence-electron chi connectivity index (χ2n) is 4.10. The van der Waals surface area contributed by atoms with Crippen LogP contribution in [0.4, 0.5) is 0 Å². The lowest BCUT2D eigenvalue weighted by molar-refractivity contribution is 0.0754. The van der Waals surface area contributed by atoms with Gasteiger partial charge in [0.15, 0.2) is 0 Å². The van der Waals surface area contributed by atoms with E-state index < -0.39 is 0 Å². The number of hydrogen-bond donors (Lipinski definition) is 1. The lowest BCUT2D eigenvalue weighted by atomic mass is 10.1. The number of thioether (sulfide) groups is 1. The Hall–Kier alpha value is -1.00. The third-order valence-corrected chi connectivity index (χ3v) is 3.36. The van der Waals surface area contributed by atoms with Crippen molar-refractivity contribution in [2.24, 2.45) is 0 Å². The van der Waals surface area contributed by atoms with Crippen molar-refractivity contribution in [2.45, 2.75) is 19.1 Å². The number of nitrogens with zero attached hydrogens (tertiary/aromatic N) is 1. The van der Waals surface area contributed by atoms with Crippen LogP contribution in [0.2, 0.25) is 0 Å². The third-order valence-electron chi connectivity index (χ3n) is 2.74. The number of hydrogen-bond acceptors (Lipinski definition) is 3. The number of benzene rings is 1. The van der Waals surface area contributed by atoms with Crippen molar-refractivity contribution < 1.29 is 9.90 Å². The molecule has 1 aromatic rings. The zero-order valence-electron chi connectivity index (χ0n) is 11.1. The SMILES string of the molecule is CCN(CCCO)C(=O)c1cccc(CSC)c1. The molecule has 0 fully saturated rings. The summed E-state index contributed by atoms with van der Waals surface area (Å²) in [5.74, 6) is 0.970. The first-order chi connectivity index (χ1) is 8.72. The Bertz CT molecular complexity index is 382. The van der Waals surface area contributed by atoms with Gasteiger partial charge in [-0.25, -0.2) is 0 Å². The van der Waals surface area contributed by atoms with E-state index in [0.717, 1.165) is 11.3 Å². The van der Waals surface area contributed by atoms with Crippen LogP contribution >= 0.6 is 11.8 Å². The second kappa shape index (κ2) is 8.16. The maximum Gasteiger partial charge on any atom is 0.253 e. The summed E-state index contributed by atoms with van der Waals surface area (Å²) in [5.41, 5.74) is 1.91. The lowest BCUT2D eigenvalue weighted by Crippen LogP contribution is -2.32. The summed E-state index contributed by atoms with van der Waals surface area (Å²) in [6.45, 7) is 3.36. The zero-order valence-corrected chi connectivity index (χ0v) is 11.9. The van der Waals surface area contributed by atoms with E-state index in [9.17, 15) is 4.79 Å². The molecule has 0 aliphatic carbocycles. The number of amides is 1. The number of aliphatic hydroxyl groups is 1. The first kappa shape index (κ1) is 15.1. The van der Waals surface area contributed by atoms with Crippen molar-refractivity contribution in [3.8, 4) is 0 Å². The van der Waals surface area contributed by atoms with Crippen molar-refractivity contribution in [3.63, 3.8) is 0 Å². The molecule has 0 aliphatic rings. The Morgan fingerprint density at radius 3 is 2.83 bits per heavy atom. The number of carbonyl (C=O) groups is 1. The molecule has 4 heteroatoms. The summed E-state index contributed by atoms with van der Waals surface area (Å²) < 4.78 is 0. The monoisotopic (exact) mass is 267 g/mol. The quantitative estimate of drug-likeness (QED) is 0.824. The minimum Gasteiger partial charge on any atom is -0.396 e. The molecule has 3 nitrogen and oxygen atoms in total. The van der Waals surface area contributed by atoms with Gasteiger partial charge in [-0.3, -0.25) is 4.79 Å². The highest BCUT2D eigenvalue weighted by molar-refractivity contribution is 7.97. The van der Waals surface area contributed by atoms with Crippen LogP contribution in [0, 0.1) is 0 Å². The van der Waals surface area contributed by atoms with Gasteiger partial charge in [0.2, 0.25) is 0 Å². The smallest absolute Gasteiger partial charge is 0.253 e. The van der Waals surface area contributed by atoms with Gasteiger partial charge in [0, 0.05) is 31.0 Å². The summed E-state index contributed by atoms with van der Waals surface area (Å²) in [7, 11) is 0. The van der Waals surface area contributed by atoms with Crippen LogP contribution in [-0.4, -0.2) is 41.9 Å². The maximum atomic E-state index is 12.3. The van der Waals surface area contributed by atoms with Crippen molar-refractivity contribution in [1.29, 1.82) is 0 Å². The molecule has 1 aromatic carbocycles. The summed E-state index contributed by atoms with van der Waals surface area (Å²) in [6.07, 6.45) is 2.68. The Morgan fingerprint density at radius 1 is 1.44 bits per heavy atom. The van der Waals surface area contributed by atoms with Gasteiger partial charge in [-0.15, -0.1) is 0 Å². The standard InChI is InChI=1S/C14H21NO2S/c1-3-15(8-5-9-16)14(17)13-7-4-6-12(10-13)11-18-2/h4,6-7,10,16H,3,5,8-9,11H2,1-2H3. The van der Waals surface area contributed by atoms with Crippen molar-refractivity contribution in [2.75, 3.05) is 26.0 Å². The molecule has 0 aromatic heterocycles. The van der Waals surface area contributed by atoms with E-state index in [2.05, 4.69) is 0 Å². The van der Waals surface area contributed by atoms with E-state index in [1.165, 1.54) is 5.56 Å². The van der Waals surface area contributed by atoms with Crippen LogP contribution in [0.1, 0.15) is 29.3 Å². The molecular weight excluding hydrogens is 246 g/mol. The Labute approximate surface area is 113 Å². The molecule has 1 rings (SSSR count). The van der Waals surface area contributed by atoms with E-state index in [1.54, 1.807) is 16.7 Å². The molecule has 0 spiro atoms. The Balaban J connectivity index is 2.77. The fourth-order valence-electron chi connectivity index (χ4n) is 1.81. The average molecular weight is 267 g/mol. The van der Waals surface area contributed by atoms with Gasteiger partial charge in [0.05, 0.1) is 0 Å². The molecule has 0 bridgehead atoms. The molecule has 0 saturated heterocycles. The summed E-state index contributed by atoms with van der Waals surface area (Å²) in [6, 6.07) is 7.78. The van der Waals surface area contributed by atoms with Gasteiger partial charge in [0.25, 0.3) is 5.91 Å². The number of carbonyl (C=O) groups excluding carboxylic acids is 1. The fraction of sp³-hybridized carbons (Fsp3) is 0.500. The van der Waals surface area contributed by atoms with Crippen LogP contribution in [0.25, 0.3) is 0 Å². The highest BCUT2D eigenvalue weighted by atomic mass is 32.2. The van der Waals surface area contributed by atoms with Crippen LogP contribution < -0.4 is 0 Å². The van der Waals surface area contributed by atoms with E-state index in [-0.39, 0.29) is 12.5 Å². The Morgan fingerprint density at radius 2 is 2.22 bits per heavy atom. The molecule has 18 heavy (non-hydrogen) atoms. The highest BCUT2D eigenvalue weighted by Crippen LogP contribution is 2.13. The highest BCUT2D eigenvalue weighted by Gasteiger charge is 2.13. The van der Waals surface area contributed by atoms with Gasteiger partial charge >= 0.3 is 0 Å².